The Morgan fingerprint density at radius 2 is 1.63 bits per heavy atom. The van der Waals surface area contributed by atoms with Crippen molar-refractivity contribution in [2.45, 2.75) is 69.6 Å². The third-order valence-electron chi connectivity index (χ3n) is 10.9. The van der Waals surface area contributed by atoms with Gasteiger partial charge in [0.25, 0.3) is 5.91 Å². The standard InChI is InChI=1S/C46H40Cl2N4O7/c47-38-16-5-29(19-39(38)48)26-57-36-13-10-32(11-14-36)43-45(55)51-40-20-33-21-41(52(25-34(33)22-42(40)59-43)46(56)58-37-15-12-35(53)23-37)44(54)50-18-17-27-1-6-30(7-2-27)31-8-3-28(24-49)4-9-31/h1-11,13-14,16,19-20,22,35,37,41,43,53H,12,15,17-18,21,23,25-26H2,(H,50,54)(H,51,55). The maximum atomic E-state index is 13.9. The van der Waals surface area contributed by atoms with Crippen LogP contribution in [0.2, 0.25) is 10.0 Å². The van der Waals surface area contributed by atoms with Crippen molar-refractivity contribution in [1.82, 2.24) is 10.2 Å². The molecule has 0 aromatic heterocycles. The lowest BCUT2D eigenvalue weighted by Crippen LogP contribution is -2.53. The van der Waals surface area contributed by atoms with E-state index in [1.54, 1.807) is 54.6 Å². The highest BCUT2D eigenvalue weighted by Gasteiger charge is 2.39. The number of aliphatic hydroxyl groups is 1. The van der Waals surface area contributed by atoms with Gasteiger partial charge in [0.15, 0.2) is 0 Å². The number of hydrogen-bond donors (Lipinski definition) is 3. The molecule has 2 heterocycles. The number of nitrogens with zero attached hydrogens (tertiary/aromatic N) is 2. The summed E-state index contributed by atoms with van der Waals surface area (Å²) < 4.78 is 18.0. The Morgan fingerprint density at radius 1 is 0.898 bits per heavy atom. The normalized spacial score (nSPS) is 19.4. The summed E-state index contributed by atoms with van der Waals surface area (Å²) in [4.78, 5) is 42.4. The molecule has 3 aliphatic rings. The number of ether oxygens (including phenoxy) is 3. The summed E-state index contributed by atoms with van der Waals surface area (Å²) in [6.07, 6.45) is -0.326. The first-order valence-electron chi connectivity index (χ1n) is 19.4. The Kier molecular flexibility index (Phi) is 11.7. The number of carbonyl (C=O) groups is 3. The number of hydrogen-bond acceptors (Lipinski definition) is 8. The van der Waals surface area contributed by atoms with E-state index in [1.165, 1.54) is 4.90 Å². The van der Waals surface area contributed by atoms with Gasteiger partial charge < -0.3 is 30.0 Å². The number of nitriles is 1. The summed E-state index contributed by atoms with van der Waals surface area (Å²) >= 11 is 12.2. The molecule has 2 aliphatic heterocycles. The third kappa shape index (κ3) is 9.16. The number of nitrogens with one attached hydrogen (secondary N) is 2. The van der Waals surface area contributed by atoms with Gasteiger partial charge in [0.1, 0.15) is 30.3 Å². The molecule has 13 heteroatoms. The molecule has 59 heavy (non-hydrogen) atoms. The average Bonchev–Trinajstić information content (AvgIpc) is 3.66. The lowest BCUT2D eigenvalue weighted by atomic mass is 9.92. The van der Waals surface area contributed by atoms with Gasteiger partial charge in [-0.15, -0.1) is 0 Å². The van der Waals surface area contributed by atoms with E-state index in [2.05, 4.69) is 16.7 Å². The van der Waals surface area contributed by atoms with Crippen molar-refractivity contribution in [3.8, 4) is 28.7 Å². The summed E-state index contributed by atoms with van der Waals surface area (Å²) in [6, 6.07) is 32.7. The number of aliphatic hydroxyl groups excluding tert-OH is 1. The summed E-state index contributed by atoms with van der Waals surface area (Å²) in [7, 11) is 0. The lowest BCUT2D eigenvalue weighted by Gasteiger charge is -2.37. The Bertz CT molecular complexity index is 2420. The number of halogens is 2. The number of amides is 3. The first-order valence-corrected chi connectivity index (χ1v) is 20.2. The molecule has 0 saturated heterocycles. The van der Waals surface area contributed by atoms with E-state index in [-0.39, 0.29) is 31.4 Å². The molecule has 4 atom stereocenters. The minimum absolute atomic E-state index is 0.0818. The van der Waals surface area contributed by atoms with E-state index < -0.39 is 30.4 Å². The molecular weight excluding hydrogens is 791 g/mol. The predicted octanol–water partition coefficient (Wildman–Crippen LogP) is 8.32. The zero-order valence-electron chi connectivity index (χ0n) is 31.8. The monoisotopic (exact) mass is 830 g/mol. The number of anilines is 1. The van der Waals surface area contributed by atoms with Crippen LogP contribution < -0.4 is 20.1 Å². The summed E-state index contributed by atoms with van der Waals surface area (Å²) in [6.45, 7) is 0.705. The van der Waals surface area contributed by atoms with Crippen molar-refractivity contribution in [2.24, 2.45) is 0 Å². The van der Waals surface area contributed by atoms with Gasteiger partial charge >= 0.3 is 6.09 Å². The van der Waals surface area contributed by atoms with Crippen LogP contribution in [0.25, 0.3) is 11.1 Å². The average molecular weight is 832 g/mol. The van der Waals surface area contributed by atoms with E-state index in [9.17, 15) is 19.5 Å². The van der Waals surface area contributed by atoms with E-state index >= 15 is 0 Å². The van der Waals surface area contributed by atoms with Gasteiger partial charge in [-0.2, -0.15) is 5.26 Å². The number of rotatable bonds is 10. The van der Waals surface area contributed by atoms with E-state index in [1.807, 2.05) is 48.5 Å². The highest BCUT2D eigenvalue weighted by molar-refractivity contribution is 6.42. The fourth-order valence-electron chi connectivity index (χ4n) is 7.65. The van der Waals surface area contributed by atoms with Crippen LogP contribution in [-0.4, -0.2) is 52.7 Å². The van der Waals surface area contributed by atoms with Gasteiger partial charge in [-0.1, -0.05) is 77.8 Å². The van der Waals surface area contributed by atoms with Crippen LogP contribution in [0.15, 0.2) is 103 Å². The zero-order chi connectivity index (χ0) is 41.0. The van der Waals surface area contributed by atoms with E-state index in [0.29, 0.717) is 70.6 Å². The number of fused-ring (bicyclic) bond motifs is 2. The maximum Gasteiger partial charge on any atom is 0.411 e. The smallest absolute Gasteiger partial charge is 0.411 e. The van der Waals surface area contributed by atoms with Crippen LogP contribution in [0.3, 0.4) is 0 Å². The van der Waals surface area contributed by atoms with Crippen molar-refractivity contribution in [3.63, 3.8) is 0 Å². The van der Waals surface area contributed by atoms with Gasteiger partial charge in [0.05, 0.1) is 40.0 Å². The van der Waals surface area contributed by atoms with Crippen molar-refractivity contribution >= 4 is 46.8 Å². The van der Waals surface area contributed by atoms with Crippen molar-refractivity contribution < 1.29 is 33.7 Å². The topological polar surface area (TPSA) is 150 Å². The Hall–Kier alpha value is -6.06. The Labute approximate surface area is 351 Å². The SMILES string of the molecule is N#Cc1ccc(-c2ccc(CCNC(=O)C3Cc4cc5c(cc4CN3C(=O)OC3CCC(O)C3)OC(c3ccc(OCc4ccc(Cl)c(Cl)c4)cc3)C(=O)N5)cc2)cc1. The number of carbonyl (C=O) groups excluding carboxylic acids is 3. The lowest BCUT2D eigenvalue weighted by molar-refractivity contribution is -0.127. The zero-order valence-corrected chi connectivity index (χ0v) is 33.3. The van der Waals surface area contributed by atoms with Crippen LogP contribution in [0, 0.1) is 11.3 Å². The molecule has 1 saturated carbocycles. The molecule has 8 rings (SSSR count). The molecule has 300 valence electrons. The second kappa shape index (κ2) is 17.4. The molecule has 0 radical (unpaired) electrons. The van der Waals surface area contributed by atoms with E-state index in [4.69, 9.17) is 42.7 Å². The van der Waals surface area contributed by atoms with Crippen LogP contribution in [0.4, 0.5) is 10.5 Å². The fourth-order valence-corrected chi connectivity index (χ4v) is 7.97. The molecule has 0 spiro atoms. The second-order valence-electron chi connectivity index (χ2n) is 15.0. The summed E-state index contributed by atoms with van der Waals surface area (Å²) in [5.74, 6) is 0.364. The fraction of sp³-hybridized carbons (Fsp3) is 0.261. The van der Waals surface area contributed by atoms with Gasteiger partial charge in [-0.3, -0.25) is 14.5 Å². The summed E-state index contributed by atoms with van der Waals surface area (Å²) in [5.41, 5.74) is 7.16. The number of benzene rings is 5. The Morgan fingerprint density at radius 3 is 2.32 bits per heavy atom. The molecule has 4 unspecified atom stereocenters. The van der Waals surface area contributed by atoms with Crippen molar-refractivity contribution in [3.05, 3.63) is 147 Å². The second-order valence-corrected chi connectivity index (χ2v) is 15.8. The maximum absolute atomic E-state index is 13.9. The minimum atomic E-state index is -0.936. The molecule has 11 nitrogen and oxygen atoms in total. The molecule has 0 bridgehead atoms. The summed E-state index contributed by atoms with van der Waals surface area (Å²) in [5, 5.41) is 26.1. The first-order chi connectivity index (χ1) is 28.6. The quantitative estimate of drug-likeness (QED) is 0.127. The van der Waals surface area contributed by atoms with Gasteiger partial charge in [0, 0.05) is 24.9 Å². The molecular formula is C46H40Cl2N4O7. The highest BCUT2D eigenvalue weighted by Crippen LogP contribution is 2.40. The molecule has 5 aromatic rings. The van der Waals surface area contributed by atoms with Crippen molar-refractivity contribution in [1.29, 1.82) is 5.26 Å². The third-order valence-corrected chi connectivity index (χ3v) is 11.7. The molecule has 3 N–H and O–H groups in total. The largest absolute Gasteiger partial charge is 0.489 e. The van der Waals surface area contributed by atoms with Crippen LogP contribution in [0.1, 0.15) is 58.7 Å². The van der Waals surface area contributed by atoms with Gasteiger partial charge in [0.2, 0.25) is 12.0 Å². The van der Waals surface area contributed by atoms with E-state index in [0.717, 1.165) is 33.4 Å². The van der Waals surface area contributed by atoms with Crippen LogP contribution >= 0.6 is 23.2 Å². The van der Waals surface area contributed by atoms with Crippen LogP contribution in [0.5, 0.6) is 11.5 Å². The molecule has 1 fully saturated rings. The Balaban J connectivity index is 0.941. The predicted molar refractivity (Wildman–Crippen MR) is 222 cm³/mol. The minimum Gasteiger partial charge on any atom is -0.489 e. The van der Waals surface area contributed by atoms with Gasteiger partial charge in [-0.05, 0) is 101 Å². The molecule has 1 aliphatic carbocycles. The highest BCUT2D eigenvalue weighted by atomic mass is 35.5. The first kappa shape index (κ1) is 39.8. The van der Waals surface area contributed by atoms with Crippen molar-refractivity contribution in [2.75, 3.05) is 11.9 Å². The molecule has 5 aromatic carbocycles. The molecule has 3 amide bonds. The van der Waals surface area contributed by atoms with Crippen LogP contribution in [-0.2, 0) is 40.3 Å². The van der Waals surface area contributed by atoms with Gasteiger partial charge in [-0.25, -0.2) is 4.79 Å².